The number of alkyl halides is 2. The molecule has 116 valence electrons. The van der Waals surface area contributed by atoms with Crippen LogP contribution in [0, 0.1) is 5.92 Å². The second-order valence-electron chi connectivity index (χ2n) is 6.07. The van der Waals surface area contributed by atoms with Crippen molar-refractivity contribution in [2.45, 2.75) is 57.0 Å². The summed E-state index contributed by atoms with van der Waals surface area (Å²) in [5.74, 6) is -0.474. The van der Waals surface area contributed by atoms with Gasteiger partial charge in [-0.3, -0.25) is 9.69 Å². The molecule has 0 bridgehead atoms. The number of nitrogens with zero attached hydrogens (tertiary/aromatic N) is 1. The van der Waals surface area contributed by atoms with Crippen molar-refractivity contribution in [2.24, 2.45) is 5.92 Å². The van der Waals surface area contributed by atoms with Gasteiger partial charge in [0.1, 0.15) is 0 Å². The van der Waals surface area contributed by atoms with Crippen molar-refractivity contribution in [1.29, 1.82) is 0 Å². The molecule has 1 heterocycles. The highest BCUT2D eigenvalue weighted by Gasteiger charge is 2.33. The highest BCUT2D eigenvalue weighted by atomic mass is 19.3. The third kappa shape index (κ3) is 4.66. The van der Waals surface area contributed by atoms with Crippen molar-refractivity contribution in [1.82, 2.24) is 10.2 Å². The molecule has 0 amide bonds. The summed E-state index contributed by atoms with van der Waals surface area (Å²) in [4.78, 5) is 13.1. The maximum absolute atomic E-state index is 12.3. The van der Waals surface area contributed by atoms with Crippen molar-refractivity contribution < 1.29 is 18.7 Å². The first-order valence-electron chi connectivity index (χ1n) is 7.52. The van der Waals surface area contributed by atoms with Crippen LogP contribution in [-0.2, 0) is 4.79 Å². The Labute approximate surface area is 118 Å². The fourth-order valence-corrected chi connectivity index (χ4v) is 3.23. The van der Waals surface area contributed by atoms with Crippen LogP contribution >= 0.6 is 0 Å². The molecular formula is C14H24F2N2O2. The van der Waals surface area contributed by atoms with Crippen LogP contribution in [0.4, 0.5) is 8.78 Å². The molecule has 20 heavy (non-hydrogen) atoms. The van der Waals surface area contributed by atoms with Gasteiger partial charge in [0.2, 0.25) is 0 Å². The van der Waals surface area contributed by atoms with E-state index in [2.05, 4.69) is 10.2 Å². The van der Waals surface area contributed by atoms with E-state index >= 15 is 0 Å². The van der Waals surface area contributed by atoms with Gasteiger partial charge in [-0.1, -0.05) is 6.42 Å². The minimum atomic E-state index is -2.33. The highest BCUT2D eigenvalue weighted by molar-refractivity contribution is 5.66. The summed E-state index contributed by atoms with van der Waals surface area (Å²) in [6, 6.07) is 0.649. The first-order chi connectivity index (χ1) is 9.54. The average Bonchev–Trinajstić information content (AvgIpc) is 2.31. The number of carbonyl (C=O) groups is 1. The molecule has 1 aliphatic heterocycles. The first-order valence-corrected chi connectivity index (χ1v) is 7.52. The molecule has 1 saturated heterocycles. The van der Waals surface area contributed by atoms with E-state index in [4.69, 9.17) is 5.11 Å². The fourth-order valence-electron chi connectivity index (χ4n) is 3.23. The molecule has 2 atom stereocenters. The van der Waals surface area contributed by atoms with Gasteiger partial charge in [-0.05, 0) is 31.6 Å². The van der Waals surface area contributed by atoms with E-state index in [9.17, 15) is 13.6 Å². The van der Waals surface area contributed by atoms with E-state index in [0.29, 0.717) is 18.4 Å². The van der Waals surface area contributed by atoms with Crippen LogP contribution in [0.25, 0.3) is 0 Å². The Bertz CT molecular complexity index is 324. The molecule has 1 aliphatic carbocycles. The van der Waals surface area contributed by atoms with Gasteiger partial charge < -0.3 is 10.4 Å². The molecule has 2 unspecified atom stereocenters. The third-order valence-corrected chi connectivity index (χ3v) is 4.48. The van der Waals surface area contributed by atoms with Gasteiger partial charge in [0, 0.05) is 31.6 Å². The standard InChI is InChI=1S/C14H24F2N2O2/c15-13(16)7-17-11-6-10(4-5-14(19)20)8-18(9-11)12-2-1-3-12/h10-13,17H,1-9H2,(H,19,20). The van der Waals surface area contributed by atoms with Gasteiger partial charge in [-0.15, -0.1) is 0 Å². The minimum absolute atomic E-state index is 0.0668. The molecule has 0 aromatic heterocycles. The van der Waals surface area contributed by atoms with Gasteiger partial charge in [-0.25, -0.2) is 8.78 Å². The molecule has 0 aromatic rings. The second kappa shape index (κ2) is 7.31. The number of hydrogen-bond donors (Lipinski definition) is 2. The second-order valence-corrected chi connectivity index (χ2v) is 6.07. The number of nitrogens with one attached hydrogen (secondary N) is 1. The largest absolute Gasteiger partial charge is 0.481 e. The number of carboxylic acid groups (broad SMARTS) is 1. The van der Waals surface area contributed by atoms with E-state index in [1.807, 2.05) is 0 Å². The van der Waals surface area contributed by atoms with Crippen LogP contribution < -0.4 is 5.32 Å². The Morgan fingerprint density at radius 2 is 2.10 bits per heavy atom. The molecule has 2 aliphatic rings. The first kappa shape index (κ1) is 15.6. The molecular weight excluding hydrogens is 266 g/mol. The van der Waals surface area contributed by atoms with Crippen LogP contribution in [0.1, 0.15) is 38.5 Å². The zero-order valence-corrected chi connectivity index (χ0v) is 11.7. The molecule has 2 N–H and O–H groups in total. The Morgan fingerprint density at radius 3 is 2.65 bits per heavy atom. The zero-order chi connectivity index (χ0) is 14.5. The number of aliphatic carboxylic acids is 1. The number of rotatable bonds is 7. The van der Waals surface area contributed by atoms with Crippen LogP contribution in [0.2, 0.25) is 0 Å². The lowest BCUT2D eigenvalue weighted by molar-refractivity contribution is -0.137. The van der Waals surface area contributed by atoms with Crippen LogP contribution in [0.3, 0.4) is 0 Å². The van der Waals surface area contributed by atoms with Gasteiger partial charge in [0.25, 0.3) is 6.43 Å². The van der Waals surface area contributed by atoms with Gasteiger partial charge >= 0.3 is 5.97 Å². The number of hydrogen-bond acceptors (Lipinski definition) is 3. The molecule has 0 radical (unpaired) electrons. The predicted octanol–water partition coefficient (Wildman–Crippen LogP) is 1.95. The van der Waals surface area contributed by atoms with E-state index in [-0.39, 0.29) is 19.0 Å². The smallest absolute Gasteiger partial charge is 0.303 e. The van der Waals surface area contributed by atoms with Crippen molar-refractivity contribution in [3.8, 4) is 0 Å². The molecule has 2 fully saturated rings. The summed E-state index contributed by atoms with van der Waals surface area (Å²) < 4.78 is 24.6. The fraction of sp³-hybridized carbons (Fsp3) is 0.929. The molecule has 6 heteroatoms. The summed E-state index contributed by atoms with van der Waals surface area (Å²) in [7, 11) is 0. The van der Waals surface area contributed by atoms with E-state index in [1.54, 1.807) is 0 Å². The summed E-state index contributed by atoms with van der Waals surface area (Å²) in [5, 5.41) is 11.7. The lowest BCUT2D eigenvalue weighted by Gasteiger charge is -2.45. The topological polar surface area (TPSA) is 52.6 Å². The summed E-state index contributed by atoms with van der Waals surface area (Å²) >= 11 is 0. The molecule has 0 spiro atoms. The maximum atomic E-state index is 12.3. The summed E-state index contributed by atoms with van der Waals surface area (Å²) in [5.41, 5.74) is 0. The third-order valence-electron chi connectivity index (χ3n) is 4.48. The zero-order valence-electron chi connectivity index (χ0n) is 11.7. The van der Waals surface area contributed by atoms with Gasteiger partial charge in [-0.2, -0.15) is 0 Å². The van der Waals surface area contributed by atoms with Crippen molar-refractivity contribution in [2.75, 3.05) is 19.6 Å². The van der Waals surface area contributed by atoms with Crippen LogP contribution in [0.5, 0.6) is 0 Å². The highest BCUT2D eigenvalue weighted by Crippen LogP contribution is 2.30. The molecule has 4 nitrogen and oxygen atoms in total. The molecule has 1 saturated carbocycles. The van der Waals surface area contributed by atoms with Crippen LogP contribution in [-0.4, -0.2) is 54.1 Å². The number of likely N-dealkylation sites (tertiary alicyclic amines) is 1. The van der Waals surface area contributed by atoms with E-state index < -0.39 is 12.4 Å². The Morgan fingerprint density at radius 1 is 1.35 bits per heavy atom. The van der Waals surface area contributed by atoms with Crippen molar-refractivity contribution >= 4 is 5.97 Å². The number of halogens is 2. The van der Waals surface area contributed by atoms with E-state index in [0.717, 1.165) is 19.5 Å². The normalized spacial score (nSPS) is 28.6. The Hall–Kier alpha value is -0.750. The van der Waals surface area contributed by atoms with Crippen molar-refractivity contribution in [3.63, 3.8) is 0 Å². The summed E-state index contributed by atoms with van der Waals surface area (Å²) in [6.45, 7) is 1.47. The van der Waals surface area contributed by atoms with E-state index in [1.165, 1.54) is 19.3 Å². The number of piperidine rings is 1. The Balaban J connectivity index is 1.85. The average molecular weight is 290 g/mol. The maximum Gasteiger partial charge on any atom is 0.303 e. The van der Waals surface area contributed by atoms with Crippen molar-refractivity contribution in [3.05, 3.63) is 0 Å². The van der Waals surface area contributed by atoms with Gasteiger partial charge in [0.05, 0.1) is 6.54 Å². The van der Waals surface area contributed by atoms with Gasteiger partial charge in [0.15, 0.2) is 0 Å². The lowest BCUT2D eigenvalue weighted by Crippen LogP contribution is -2.54. The quantitative estimate of drug-likeness (QED) is 0.752. The monoisotopic (exact) mass is 290 g/mol. The lowest BCUT2D eigenvalue weighted by atomic mass is 9.85. The Kier molecular flexibility index (Phi) is 5.72. The molecule has 0 aromatic carbocycles. The predicted molar refractivity (Wildman–Crippen MR) is 72.0 cm³/mol. The van der Waals surface area contributed by atoms with Crippen LogP contribution in [0.15, 0.2) is 0 Å². The minimum Gasteiger partial charge on any atom is -0.481 e. The summed E-state index contributed by atoms with van der Waals surface area (Å²) in [6.07, 6.45) is 2.92. The number of carboxylic acids is 1. The molecule has 2 rings (SSSR count). The SMILES string of the molecule is O=C(O)CCC1CC(NCC(F)F)CN(C2CCC2)C1.